The summed E-state index contributed by atoms with van der Waals surface area (Å²) in [5, 5.41) is 27.8. The highest BCUT2D eigenvalue weighted by molar-refractivity contribution is 5.78. The highest BCUT2D eigenvalue weighted by atomic mass is 16.5. The van der Waals surface area contributed by atoms with Gasteiger partial charge in [-0.1, -0.05) is 12.1 Å². The normalized spacial score (nSPS) is 11.2. The molecule has 0 aliphatic rings. The van der Waals surface area contributed by atoms with Crippen LogP contribution in [0.15, 0.2) is 29.4 Å². The van der Waals surface area contributed by atoms with Gasteiger partial charge in [-0.3, -0.25) is 0 Å². The summed E-state index contributed by atoms with van der Waals surface area (Å²) in [5.41, 5.74) is 3.76. The second-order valence-corrected chi connectivity index (χ2v) is 3.53. The van der Waals surface area contributed by atoms with Crippen molar-refractivity contribution in [2.45, 2.75) is 6.92 Å². The van der Waals surface area contributed by atoms with E-state index in [0.717, 1.165) is 4.73 Å². The lowest BCUT2D eigenvalue weighted by molar-refractivity contribution is -0.634. The van der Waals surface area contributed by atoms with Crippen molar-refractivity contribution in [3.05, 3.63) is 46.1 Å². The summed E-state index contributed by atoms with van der Waals surface area (Å²) in [4.78, 5) is 0. The Hall–Kier alpha value is -2.37. The van der Waals surface area contributed by atoms with Gasteiger partial charge >= 0.3 is 5.69 Å². The number of nitrogens with zero attached hydrogens (tertiary/aromatic N) is 3. The quantitative estimate of drug-likeness (QED) is 0.342. The summed E-state index contributed by atoms with van der Waals surface area (Å²) in [5.74, 6) is 0. The second-order valence-electron chi connectivity index (χ2n) is 3.53. The maximum absolute atomic E-state index is 12.1. The third-order valence-corrected chi connectivity index (χ3v) is 2.53. The van der Waals surface area contributed by atoms with E-state index in [1.165, 1.54) is 6.21 Å². The average Bonchev–Trinajstić information content (AvgIpc) is 2.36. The van der Waals surface area contributed by atoms with Gasteiger partial charge in [-0.05, 0) is 0 Å². The van der Waals surface area contributed by atoms with Crippen LogP contribution in [0.2, 0.25) is 0 Å². The lowest BCUT2D eigenvalue weighted by Gasteiger charge is -2.08. The summed E-state index contributed by atoms with van der Waals surface area (Å²) < 4.78 is 1.45. The topological polar surface area (TPSA) is 78.3 Å². The van der Waals surface area contributed by atoms with E-state index in [1.54, 1.807) is 38.2 Å². The number of rotatable bonds is 2. The summed E-state index contributed by atoms with van der Waals surface area (Å²) in [7, 11) is 1.62. The summed E-state index contributed by atoms with van der Waals surface area (Å²) in [6, 6.07) is 6.65. The molecule has 0 unspecified atom stereocenters. The van der Waals surface area contributed by atoms with Crippen molar-refractivity contribution in [1.82, 2.24) is 5.43 Å². The largest absolute Gasteiger partial charge is 0.618 e. The fourth-order valence-corrected chi connectivity index (χ4v) is 1.64. The van der Waals surface area contributed by atoms with Gasteiger partial charge in [0.25, 0.3) is 16.7 Å². The Morgan fingerprint density at radius 2 is 1.76 bits per heavy atom. The van der Waals surface area contributed by atoms with E-state index >= 15 is 0 Å². The Balaban J connectivity index is 2.81. The fourth-order valence-electron chi connectivity index (χ4n) is 1.64. The molecule has 6 nitrogen and oxygen atoms in total. The molecule has 0 saturated heterocycles. The molecule has 0 bridgehead atoms. The van der Waals surface area contributed by atoms with Crippen molar-refractivity contribution < 1.29 is 9.46 Å². The minimum Gasteiger partial charge on any atom is -0.618 e. The number of benzene rings is 1. The predicted octanol–water partition coefficient (Wildman–Crippen LogP) is -0.0317. The van der Waals surface area contributed by atoms with Gasteiger partial charge in [-0.2, -0.15) is 14.6 Å². The van der Waals surface area contributed by atoms with Crippen molar-refractivity contribution in [3.8, 4) is 0 Å². The average molecular weight is 232 g/mol. The first-order chi connectivity index (χ1) is 8.16. The lowest BCUT2D eigenvalue weighted by atomic mass is 10.2. The molecule has 2 rings (SSSR count). The predicted molar refractivity (Wildman–Crippen MR) is 63.3 cm³/mol. The molecule has 0 fully saturated rings. The van der Waals surface area contributed by atoms with E-state index in [-0.39, 0.29) is 5.69 Å². The van der Waals surface area contributed by atoms with Crippen LogP contribution < -0.4 is 14.9 Å². The minimum atomic E-state index is 0.230. The van der Waals surface area contributed by atoms with Crippen LogP contribution in [0.4, 0.5) is 0 Å². The molecule has 1 N–H and O–H groups in total. The Bertz CT molecular complexity index is 596. The third-order valence-electron chi connectivity index (χ3n) is 2.53. The number of hydrogen-bond acceptors (Lipinski definition) is 4. The highest BCUT2D eigenvalue weighted by Crippen LogP contribution is 2.07. The Morgan fingerprint density at radius 3 is 2.35 bits per heavy atom. The van der Waals surface area contributed by atoms with Gasteiger partial charge in [-0.15, -0.1) is 0 Å². The molecule has 17 heavy (non-hydrogen) atoms. The number of fused-ring (bicyclic) bond motifs is 1. The van der Waals surface area contributed by atoms with Gasteiger partial charge in [0.2, 0.25) is 0 Å². The van der Waals surface area contributed by atoms with Gasteiger partial charge in [0.15, 0.2) is 0 Å². The zero-order valence-electron chi connectivity index (χ0n) is 9.54. The first kappa shape index (κ1) is 11.1. The van der Waals surface area contributed by atoms with Crippen molar-refractivity contribution in [1.29, 1.82) is 0 Å². The molecule has 0 aliphatic carbocycles. The molecule has 0 amide bonds. The molecule has 0 saturated carbocycles. The van der Waals surface area contributed by atoms with E-state index < -0.39 is 0 Å². The molecular formula is C11H12N4O2. The van der Waals surface area contributed by atoms with Crippen molar-refractivity contribution in [2.24, 2.45) is 5.10 Å². The van der Waals surface area contributed by atoms with Crippen LogP contribution in [0.3, 0.4) is 0 Å². The molecular weight excluding hydrogens is 220 g/mol. The molecule has 0 spiro atoms. The van der Waals surface area contributed by atoms with Crippen LogP contribution in [0.25, 0.3) is 11.0 Å². The molecule has 1 heterocycles. The monoisotopic (exact) mass is 232 g/mol. The van der Waals surface area contributed by atoms with Gasteiger partial charge in [0.1, 0.15) is 6.21 Å². The zero-order valence-corrected chi connectivity index (χ0v) is 9.54. The maximum Gasteiger partial charge on any atom is 0.305 e. The molecule has 2 aromatic rings. The summed E-state index contributed by atoms with van der Waals surface area (Å²) in [6.07, 6.45) is 1.34. The standard InChI is InChI=1S/C11H12N4O2/c1-8-11(7-13-12-2)15(17)10-6-4-3-5-9(10)14(8)16/h3-7,12H,1-2H3/b13-7+. The van der Waals surface area contributed by atoms with Crippen LogP contribution in [0.1, 0.15) is 11.4 Å². The van der Waals surface area contributed by atoms with E-state index in [0.29, 0.717) is 21.5 Å². The number of nitrogens with one attached hydrogen (secondary N) is 1. The molecule has 1 aromatic heterocycles. The fraction of sp³-hybridized carbons (Fsp3) is 0.182. The van der Waals surface area contributed by atoms with Crippen molar-refractivity contribution >= 4 is 17.2 Å². The molecule has 0 atom stereocenters. The molecule has 6 heteroatoms. The Morgan fingerprint density at radius 1 is 1.18 bits per heavy atom. The number of hydrazone groups is 1. The van der Waals surface area contributed by atoms with Crippen LogP contribution in [-0.4, -0.2) is 13.3 Å². The summed E-state index contributed by atoms with van der Waals surface area (Å²) in [6.45, 7) is 1.59. The zero-order chi connectivity index (χ0) is 12.4. The van der Waals surface area contributed by atoms with E-state index in [1.807, 2.05) is 0 Å². The number of hydrogen-bond donors (Lipinski definition) is 1. The first-order valence-electron chi connectivity index (χ1n) is 5.11. The van der Waals surface area contributed by atoms with E-state index in [4.69, 9.17) is 0 Å². The maximum atomic E-state index is 12.1. The van der Waals surface area contributed by atoms with Crippen LogP contribution in [0, 0.1) is 17.3 Å². The smallest absolute Gasteiger partial charge is 0.305 e. The molecule has 0 radical (unpaired) electrons. The van der Waals surface area contributed by atoms with E-state index in [2.05, 4.69) is 10.5 Å². The van der Waals surface area contributed by atoms with Crippen molar-refractivity contribution in [3.63, 3.8) is 0 Å². The lowest BCUT2D eigenvalue weighted by Crippen LogP contribution is -2.44. The third kappa shape index (κ3) is 1.73. The van der Waals surface area contributed by atoms with Crippen LogP contribution >= 0.6 is 0 Å². The van der Waals surface area contributed by atoms with Gasteiger partial charge in [-0.25, -0.2) is 0 Å². The molecule has 0 aliphatic heterocycles. The van der Waals surface area contributed by atoms with Gasteiger partial charge in [0.05, 0.1) is 0 Å². The van der Waals surface area contributed by atoms with Gasteiger partial charge in [0, 0.05) is 26.1 Å². The highest BCUT2D eigenvalue weighted by Gasteiger charge is 2.22. The molecule has 88 valence electrons. The van der Waals surface area contributed by atoms with Gasteiger partial charge < -0.3 is 15.8 Å². The molecule has 1 aromatic carbocycles. The number of aromatic nitrogens is 2. The Kier molecular flexibility index (Phi) is 2.78. The summed E-state index contributed by atoms with van der Waals surface area (Å²) >= 11 is 0. The van der Waals surface area contributed by atoms with Crippen LogP contribution in [0.5, 0.6) is 0 Å². The van der Waals surface area contributed by atoms with E-state index in [9.17, 15) is 10.4 Å². The van der Waals surface area contributed by atoms with Crippen LogP contribution in [-0.2, 0) is 0 Å². The first-order valence-corrected chi connectivity index (χ1v) is 5.11. The minimum absolute atomic E-state index is 0.230. The SMILES string of the molecule is CN/N=C/c1c(C)[n+]([O-])c2ccccc2[n+]1[O-]. The van der Waals surface area contributed by atoms with Crippen molar-refractivity contribution in [2.75, 3.05) is 7.05 Å². The second kappa shape index (κ2) is 4.25. The number of para-hydroxylation sites is 2. The Labute approximate surface area is 98.0 Å².